The number of pyridine rings is 1. The Morgan fingerprint density at radius 1 is 0.893 bits per heavy atom. The fourth-order valence-electron chi connectivity index (χ4n) is 6.65. The molecule has 290 valence electrons. The summed E-state index contributed by atoms with van der Waals surface area (Å²) >= 11 is 0. The van der Waals surface area contributed by atoms with Gasteiger partial charge in [0.05, 0.1) is 41.0 Å². The Morgan fingerprint density at radius 2 is 1.59 bits per heavy atom. The normalized spacial score (nSPS) is 16.2. The number of aromatic nitrogens is 6. The number of rotatable bonds is 8. The van der Waals surface area contributed by atoms with E-state index in [1.807, 2.05) is 0 Å². The molecule has 0 radical (unpaired) electrons. The summed E-state index contributed by atoms with van der Waals surface area (Å²) in [5.74, 6) is -1.55. The number of alkyl halides is 3. The molecule has 5 heterocycles. The van der Waals surface area contributed by atoms with Gasteiger partial charge in [0.2, 0.25) is 11.9 Å². The SMILES string of the molecule is O=C(Nc1cc(C(F)(F)F)c(-c2nc(N3CCOCC3)nc(N3CCN(C(=O)c4cc(Cc5n[nH]c(=O)c6ccccc56)ccc4F)CC3)n2)cn1)NC1CC1. The van der Waals surface area contributed by atoms with Crippen LogP contribution in [0.5, 0.6) is 0 Å². The molecule has 2 aliphatic heterocycles. The molecule has 56 heavy (non-hydrogen) atoms. The third kappa shape index (κ3) is 7.93. The van der Waals surface area contributed by atoms with Crippen LogP contribution in [-0.2, 0) is 17.3 Å². The van der Waals surface area contributed by atoms with Crippen LogP contribution in [0.2, 0.25) is 0 Å². The lowest BCUT2D eigenvalue weighted by Crippen LogP contribution is -2.49. The van der Waals surface area contributed by atoms with E-state index in [0.717, 1.165) is 25.1 Å². The van der Waals surface area contributed by atoms with E-state index in [0.29, 0.717) is 48.3 Å². The number of piperazine rings is 1. The number of benzene rings is 2. The average molecular weight is 774 g/mol. The Balaban J connectivity index is 1.03. The summed E-state index contributed by atoms with van der Waals surface area (Å²) < 4.78 is 64.2. The fourth-order valence-corrected chi connectivity index (χ4v) is 6.65. The van der Waals surface area contributed by atoms with E-state index in [1.165, 1.54) is 17.0 Å². The standard InChI is InChI=1S/C37H35F4N11O4/c38-28-8-5-21(18-29-23-3-1-2-4-24(23)32(53)49-48-29)17-25(28)33(54)50-9-11-51(12-10-50)34-45-31(46-35(47-34)52-13-15-56-16-14-52)26-20-42-30(19-27(26)37(39,40)41)44-36(55)43-22-6-7-22/h1-5,8,17,19-20,22H,6-7,9-16,18H2,(H,49,53)(H2,42,43,44,55). The smallest absolute Gasteiger partial charge is 0.378 e. The summed E-state index contributed by atoms with van der Waals surface area (Å²) in [6.07, 6.45) is -2.03. The Morgan fingerprint density at radius 3 is 2.29 bits per heavy atom. The summed E-state index contributed by atoms with van der Waals surface area (Å²) in [5.41, 5.74) is -0.776. The number of carbonyl (C=O) groups excluding carboxylic acids is 2. The Bertz CT molecular complexity index is 2360. The highest BCUT2D eigenvalue weighted by Gasteiger charge is 2.37. The highest BCUT2D eigenvalue weighted by Crippen LogP contribution is 2.38. The van der Waals surface area contributed by atoms with Gasteiger partial charge < -0.3 is 24.8 Å². The van der Waals surface area contributed by atoms with Crippen molar-refractivity contribution in [3.8, 4) is 11.4 Å². The first-order valence-corrected chi connectivity index (χ1v) is 18.0. The van der Waals surface area contributed by atoms with Crippen molar-refractivity contribution in [1.29, 1.82) is 0 Å². The lowest BCUT2D eigenvalue weighted by Gasteiger charge is -2.35. The van der Waals surface area contributed by atoms with E-state index in [2.05, 4.69) is 40.8 Å². The highest BCUT2D eigenvalue weighted by atomic mass is 19.4. The number of nitrogens with zero attached hydrogens (tertiary/aromatic N) is 8. The predicted molar refractivity (Wildman–Crippen MR) is 196 cm³/mol. The van der Waals surface area contributed by atoms with Gasteiger partial charge in [-0.25, -0.2) is 19.3 Å². The Kier molecular flexibility index (Phi) is 9.92. The molecule has 0 spiro atoms. The number of morpholine rings is 1. The molecule has 3 aliphatic rings. The van der Waals surface area contributed by atoms with Gasteiger partial charge in [0.1, 0.15) is 11.6 Å². The topological polar surface area (TPSA) is 174 Å². The first-order valence-electron chi connectivity index (χ1n) is 18.0. The minimum atomic E-state index is -4.85. The molecule has 8 rings (SSSR count). The van der Waals surface area contributed by atoms with E-state index in [4.69, 9.17) is 4.74 Å². The third-order valence-electron chi connectivity index (χ3n) is 9.77. The van der Waals surface area contributed by atoms with Crippen LogP contribution in [-0.4, -0.2) is 105 Å². The number of hydrogen-bond donors (Lipinski definition) is 3. The number of H-pyrrole nitrogens is 1. The van der Waals surface area contributed by atoms with Crippen LogP contribution in [0.1, 0.15) is 40.0 Å². The van der Waals surface area contributed by atoms with E-state index < -0.39 is 35.1 Å². The zero-order valence-electron chi connectivity index (χ0n) is 29.8. The Labute approximate surface area is 316 Å². The predicted octanol–water partition coefficient (Wildman–Crippen LogP) is 4.00. The van der Waals surface area contributed by atoms with Crippen LogP contribution >= 0.6 is 0 Å². The lowest BCUT2D eigenvalue weighted by molar-refractivity contribution is -0.137. The second-order valence-electron chi connectivity index (χ2n) is 13.7. The largest absolute Gasteiger partial charge is 0.417 e. The fraction of sp³-hybridized carbons (Fsp3) is 0.351. The van der Waals surface area contributed by atoms with Crippen LogP contribution in [0.4, 0.5) is 40.1 Å². The summed E-state index contributed by atoms with van der Waals surface area (Å²) in [5, 5.41) is 12.8. The summed E-state index contributed by atoms with van der Waals surface area (Å²) in [6, 6.07) is 11.4. The number of aromatic amines is 1. The van der Waals surface area contributed by atoms with Gasteiger partial charge in [-0.2, -0.15) is 33.2 Å². The van der Waals surface area contributed by atoms with E-state index in [1.54, 1.807) is 40.1 Å². The number of ether oxygens (including phenoxy) is 1. The van der Waals surface area contributed by atoms with Crippen LogP contribution < -0.4 is 26.0 Å². The number of amides is 3. The maximum Gasteiger partial charge on any atom is 0.417 e. The van der Waals surface area contributed by atoms with Crippen molar-refractivity contribution < 1.29 is 31.9 Å². The number of halogens is 4. The molecule has 19 heteroatoms. The average Bonchev–Trinajstić information content (AvgIpc) is 4.03. The molecule has 2 aromatic carbocycles. The van der Waals surface area contributed by atoms with E-state index in [-0.39, 0.29) is 73.3 Å². The minimum Gasteiger partial charge on any atom is -0.378 e. The van der Waals surface area contributed by atoms with Gasteiger partial charge in [-0.15, -0.1) is 0 Å². The molecule has 1 aliphatic carbocycles. The molecule has 3 fully saturated rings. The summed E-state index contributed by atoms with van der Waals surface area (Å²) in [4.78, 5) is 60.9. The van der Waals surface area contributed by atoms with Gasteiger partial charge >= 0.3 is 12.2 Å². The van der Waals surface area contributed by atoms with Gasteiger partial charge in [-0.05, 0) is 42.7 Å². The maximum atomic E-state index is 15.2. The molecular formula is C37H35F4N11O4. The molecule has 3 aromatic heterocycles. The maximum absolute atomic E-state index is 15.2. The number of carbonyl (C=O) groups is 2. The van der Waals surface area contributed by atoms with Crippen molar-refractivity contribution in [2.75, 3.05) is 67.6 Å². The summed E-state index contributed by atoms with van der Waals surface area (Å²) in [6.45, 7) is 2.19. The van der Waals surface area contributed by atoms with Crippen molar-refractivity contribution in [2.45, 2.75) is 31.5 Å². The van der Waals surface area contributed by atoms with Crippen molar-refractivity contribution >= 4 is 40.4 Å². The van der Waals surface area contributed by atoms with Gasteiger partial charge in [-0.1, -0.05) is 24.3 Å². The summed E-state index contributed by atoms with van der Waals surface area (Å²) in [7, 11) is 0. The zero-order valence-corrected chi connectivity index (χ0v) is 29.8. The van der Waals surface area contributed by atoms with Gasteiger partial charge in [0.25, 0.3) is 11.5 Å². The molecular weight excluding hydrogens is 738 g/mol. The number of anilines is 3. The van der Waals surface area contributed by atoms with E-state index >= 15 is 4.39 Å². The van der Waals surface area contributed by atoms with Crippen molar-refractivity contribution in [2.24, 2.45) is 0 Å². The molecule has 3 amide bonds. The van der Waals surface area contributed by atoms with Crippen LogP contribution in [0.25, 0.3) is 22.2 Å². The number of nitrogens with one attached hydrogen (secondary N) is 3. The van der Waals surface area contributed by atoms with Crippen molar-refractivity contribution in [3.63, 3.8) is 0 Å². The number of hydrogen-bond acceptors (Lipinski definition) is 11. The molecule has 1 saturated carbocycles. The molecule has 0 bridgehead atoms. The van der Waals surface area contributed by atoms with Gasteiger partial charge in [-0.3, -0.25) is 14.9 Å². The molecule has 0 unspecified atom stereocenters. The molecule has 5 aromatic rings. The van der Waals surface area contributed by atoms with Crippen LogP contribution in [0.3, 0.4) is 0 Å². The monoisotopic (exact) mass is 773 g/mol. The first kappa shape index (κ1) is 36.7. The lowest BCUT2D eigenvalue weighted by atomic mass is 10.0. The number of urea groups is 1. The molecule has 0 atom stereocenters. The number of fused-ring (bicyclic) bond motifs is 1. The third-order valence-corrected chi connectivity index (χ3v) is 9.77. The second kappa shape index (κ2) is 15.1. The van der Waals surface area contributed by atoms with Gasteiger partial charge in [0, 0.05) is 63.3 Å². The Hall–Kier alpha value is -6.24. The molecule has 2 saturated heterocycles. The van der Waals surface area contributed by atoms with Crippen molar-refractivity contribution in [3.05, 3.63) is 93.3 Å². The van der Waals surface area contributed by atoms with E-state index in [9.17, 15) is 27.6 Å². The van der Waals surface area contributed by atoms with Gasteiger partial charge in [0.15, 0.2) is 5.82 Å². The highest BCUT2D eigenvalue weighted by molar-refractivity contribution is 5.95. The molecule has 15 nitrogen and oxygen atoms in total. The molecule has 3 N–H and O–H groups in total. The minimum absolute atomic E-state index is 0.00937. The van der Waals surface area contributed by atoms with Crippen LogP contribution in [0.15, 0.2) is 59.5 Å². The quantitative estimate of drug-likeness (QED) is 0.195. The first-order chi connectivity index (χ1) is 27.0. The van der Waals surface area contributed by atoms with Crippen LogP contribution in [0, 0.1) is 5.82 Å². The second-order valence-corrected chi connectivity index (χ2v) is 13.7. The van der Waals surface area contributed by atoms with Crippen molar-refractivity contribution in [1.82, 2.24) is 40.3 Å². The zero-order chi connectivity index (χ0) is 39.0.